The zero-order chi connectivity index (χ0) is 29.5. The van der Waals surface area contributed by atoms with E-state index in [-0.39, 0.29) is 0 Å². The van der Waals surface area contributed by atoms with Crippen molar-refractivity contribution in [3.63, 3.8) is 0 Å². The number of fused-ring (bicyclic) bond motifs is 6. The maximum atomic E-state index is 6.33. The lowest BCUT2D eigenvalue weighted by molar-refractivity contribution is -0.693. The molecule has 0 aliphatic carbocycles. The Bertz CT molecular complexity index is 1870. The third-order valence-electron chi connectivity index (χ3n) is 7.02. The van der Waals surface area contributed by atoms with Gasteiger partial charge in [0.25, 0.3) is 0 Å². The maximum absolute atomic E-state index is 6.33. The largest absolute Gasteiger partial charge is 0.715 e. The number of hydrogen-bond acceptors (Lipinski definition) is 6. The molecular weight excluding hydrogens is 655 g/mol. The van der Waals surface area contributed by atoms with Crippen molar-refractivity contribution in [2.75, 3.05) is 0 Å². The average molecular weight is 683 g/mol. The molecule has 42 heavy (non-hydrogen) atoms. The first-order chi connectivity index (χ1) is 20.3. The summed E-state index contributed by atoms with van der Waals surface area (Å²) in [6.07, 6.45) is 8.22. The summed E-state index contributed by atoms with van der Waals surface area (Å²) >= 11 is 25.2. The van der Waals surface area contributed by atoms with Gasteiger partial charge in [0, 0.05) is 39.9 Å². The third kappa shape index (κ3) is 5.41. The predicted octanol–water partition coefficient (Wildman–Crippen LogP) is 7.99. The van der Waals surface area contributed by atoms with Crippen LogP contribution in [0, 0.1) is 0 Å². The van der Waals surface area contributed by atoms with E-state index < -0.39 is 10.2 Å². The van der Waals surface area contributed by atoms with Gasteiger partial charge >= 0.3 is 0 Å². The molecule has 4 aromatic heterocycles. The number of hydrogen-bond donors (Lipinski definition) is 0. The zero-order valence-electron chi connectivity index (χ0n) is 22.9. The Morgan fingerprint density at radius 1 is 0.690 bits per heavy atom. The van der Waals surface area contributed by atoms with Crippen molar-refractivity contribution >= 4 is 91.5 Å². The summed E-state index contributed by atoms with van der Waals surface area (Å²) in [5.41, 5.74) is 1.34. The highest BCUT2D eigenvalue weighted by molar-refractivity contribution is 8.92. The molecule has 214 valence electrons. The minimum atomic E-state index is -2.68. The summed E-state index contributed by atoms with van der Waals surface area (Å²) in [7, 11) is 0. The molecule has 6 heterocycles. The summed E-state index contributed by atoms with van der Waals surface area (Å²) in [4.78, 5) is 1.11. The van der Waals surface area contributed by atoms with Gasteiger partial charge in [-0.05, 0) is 36.6 Å². The fourth-order valence-electron chi connectivity index (χ4n) is 5.10. The van der Waals surface area contributed by atoms with Crippen LogP contribution in [-0.2, 0) is 61.2 Å². The van der Waals surface area contributed by atoms with Crippen molar-refractivity contribution < 1.29 is 13.7 Å². The van der Waals surface area contributed by atoms with Gasteiger partial charge in [0.15, 0.2) is 30.5 Å². The van der Waals surface area contributed by atoms with E-state index in [4.69, 9.17) is 52.6 Å². The average Bonchev–Trinajstić information content (AvgIpc) is 3.52. The Kier molecular flexibility index (Phi) is 8.69. The van der Waals surface area contributed by atoms with Gasteiger partial charge in [-0.3, -0.25) is 4.34 Å². The van der Waals surface area contributed by atoms with E-state index in [0.717, 1.165) is 56.9 Å². The summed E-state index contributed by atoms with van der Waals surface area (Å²) < 4.78 is 12.4. The van der Waals surface area contributed by atoms with Crippen LogP contribution in [0.2, 0.25) is 0 Å². The van der Waals surface area contributed by atoms with E-state index >= 15 is 0 Å². The Morgan fingerprint density at radius 2 is 1.19 bits per heavy atom. The van der Waals surface area contributed by atoms with Crippen LogP contribution >= 0.6 is 21.6 Å². The smallest absolute Gasteiger partial charge is 0.168 e. The van der Waals surface area contributed by atoms with Gasteiger partial charge in [0.2, 0.25) is 0 Å². The van der Waals surface area contributed by atoms with Crippen LogP contribution < -0.4 is 13.7 Å². The van der Waals surface area contributed by atoms with Crippen LogP contribution in [0.25, 0.3) is 33.2 Å². The number of nitrogens with zero attached hydrogens (tertiary/aromatic N) is 4. The predicted molar refractivity (Wildman–Crippen MR) is 188 cm³/mol. The fraction of sp³-hybridized carbons (Fsp3) is 0.133. The van der Waals surface area contributed by atoms with Crippen LogP contribution in [0.4, 0.5) is 0 Å². The number of rotatable bonds is 2. The Hall–Kier alpha value is -2.03. The molecule has 0 fully saturated rings. The summed E-state index contributed by atoms with van der Waals surface area (Å²) in [5.74, 6) is 0.759. The van der Waals surface area contributed by atoms with E-state index in [2.05, 4.69) is 74.6 Å². The van der Waals surface area contributed by atoms with Gasteiger partial charge in [-0.25, -0.2) is 9.13 Å². The van der Waals surface area contributed by atoms with Crippen molar-refractivity contribution in [1.29, 1.82) is 0 Å². The van der Waals surface area contributed by atoms with Crippen LogP contribution in [0.5, 0.6) is 5.75 Å². The maximum Gasteiger partial charge on any atom is 0.168 e. The second-order valence-electron chi connectivity index (χ2n) is 9.54. The van der Waals surface area contributed by atoms with Crippen LogP contribution in [0.15, 0.2) is 115 Å². The monoisotopic (exact) mass is 682 g/mol. The van der Waals surface area contributed by atoms with Crippen molar-refractivity contribution in [3.05, 3.63) is 110 Å². The summed E-state index contributed by atoms with van der Waals surface area (Å²) in [5, 5.41) is 2.10. The molecule has 5 nitrogen and oxygen atoms in total. The lowest BCUT2D eigenvalue weighted by Gasteiger charge is -2.42. The van der Waals surface area contributed by atoms with E-state index in [9.17, 15) is 0 Å². The lowest BCUT2D eigenvalue weighted by atomic mass is 10.2. The first-order valence-corrected chi connectivity index (χ1v) is 22.3. The summed E-state index contributed by atoms with van der Waals surface area (Å²) in [6.45, 7) is 6.36. The van der Waals surface area contributed by atoms with Crippen LogP contribution in [-0.4, -0.2) is 8.68 Å². The van der Waals surface area contributed by atoms with Gasteiger partial charge < -0.3 is 33.4 Å². The third-order valence-corrected chi connectivity index (χ3v) is 15.5. The van der Waals surface area contributed by atoms with E-state index in [1.54, 1.807) is 11.4 Å². The molecule has 2 atom stereocenters. The number of benzene rings is 2. The number of pyridine rings is 2. The van der Waals surface area contributed by atoms with E-state index in [0.29, 0.717) is 0 Å². The van der Waals surface area contributed by atoms with Crippen LogP contribution in [0.3, 0.4) is 0 Å². The SMILES string of the molecule is CC[n+]1ccccc1.CC[n+]1ccccc1.S=P1([S-])Oc2c3n(c4ccccc24)P(=S)([S-])Sc2c-3n1c1ccccc21. The molecule has 0 N–H and O–H groups in total. The molecule has 6 aromatic rings. The van der Waals surface area contributed by atoms with Crippen molar-refractivity contribution in [3.8, 4) is 17.1 Å². The highest BCUT2D eigenvalue weighted by atomic mass is 33.2. The lowest BCUT2D eigenvalue weighted by Crippen LogP contribution is -2.30. The highest BCUT2D eigenvalue weighted by Gasteiger charge is 2.39. The van der Waals surface area contributed by atoms with Gasteiger partial charge in [-0.15, -0.1) is 0 Å². The Balaban J connectivity index is 0.000000162. The van der Waals surface area contributed by atoms with Crippen LogP contribution in [0.1, 0.15) is 13.8 Å². The van der Waals surface area contributed by atoms with Gasteiger partial charge in [-0.1, -0.05) is 77.5 Å². The Morgan fingerprint density at radius 3 is 1.71 bits per heavy atom. The second kappa shape index (κ2) is 12.2. The normalized spacial score (nSPS) is 19.6. The second-order valence-corrected chi connectivity index (χ2v) is 24.0. The first-order valence-electron chi connectivity index (χ1n) is 13.4. The summed E-state index contributed by atoms with van der Waals surface area (Å²) in [6, 6.07) is 28.4. The highest BCUT2D eigenvalue weighted by Crippen LogP contribution is 2.75. The molecule has 2 aliphatic heterocycles. The molecule has 2 aromatic carbocycles. The minimum absolute atomic E-state index is 0.759. The molecule has 0 spiro atoms. The van der Waals surface area contributed by atoms with Crippen molar-refractivity contribution in [1.82, 2.24) is 8.68 Å². The Labute approximate surface area is 270 Å². The number of para-hydroxylation sites is 2. The zero-order valence-corrected chi connectivity index (χ0v) is 28.8. The molecule has 2 unspecified atom stereocenters. The van der Waals surface area contributed by atoms with Crippen molar-refractivity contribution in [2.45, 2.75) is 31.8 Å². The molecule has 12 heteroatoms. The molecule has 0 amide bonds. The molecule has 8 rings (SSSR count). The van der Waals surface area contributed by atoms with E-state index in [1.807, 2.05) is 66.7 Å². The minimum Gasteiger partial charge on any atom is -0.715 e. The van der Waals surface area contributed by atoms with E-state index in [1.165, 1.54) is 0 Å². The fourth-order valence-corrected chi connectivity index (χ4v) is 14.1. The molecular formula is C30H28N4OP2S5. The quantitative estimate of drug-likeness (QED) is 0.104. The van der Waals surface area contributed by atoms with Gasteiger partial charge in [0.1, 0.15) is 18.8 Å². The standard InChI is InChI=1S/C16H10N2OP2S5.2C7H10N/c22-20(23)17-12-8-4-2-6-10(12)16-14(17)13-15(19-20)9-5-1-3-7-11(9)18(13)21(24,25)26-16;2*1-2-8-6-4-3-5-7-8/h1-8H,(H,22,23)(H,24,25);2*3-7H,2H2,1H3/q;2*+1/p-2. The molecule has 2 aliphatic rings. The topological polar surface area (TPSA) is 26.9 Å². The number of aryl methyl sites for hydroxylation is 2. The van der Waals surface area contributed by atoms with Gasteiger partial charge in [0.05, 0.1) is 22.3 Å². The first kappa shape index (κ1) is 30.0. The molecule has 0 radical (unpaired) electrons. The molecule has 0 saturated heterocycles. The van der Waals surface area contributed by atoms with Gasteiger partial charge in [-0.2, -0.15) is 0 Å². The van der Waals surface area contributed by atoms with Crippen molar-refractivity contribution in [2.24, 2.45) is 0 Å². The number of aromatic nitrogens is 4. The molecule has 0 bridgehead atoms. The molecule has 0 saturated carbocycles.